The standard InChI is InChI=1S/C12H8BrNO5/c1-5-2-3-6(13)4-7(5)10-14-8(11(15)16)9(19-10)12(17)18/h2-4H,1H3,(H,15,16)(H,17,18). The predicted octanol–water partition coefficient (Wildman–Crippen LogP) is 2.81. The third-order valence-corrected chi connectivity index (χ3v) is 2.95. The molecule has 0 radical (unpaired) electrons. The van der Waals surface area contributed by atoms with Gasteiger partial charge in [-0.05, 0) is 24.6 Å². The van der Waals surface area contributed by atoms with Crippen LogP contribution in [0.2, 0.25) is 0 Å². The summed E-state index contributed by atoms with van der Waals surface area (Å²) in [6.45, 7) is 1.78. The van der Waals surface area contributed by atoms with Gasteiger partial charge in [-0.3, -0.25) is 0 Å². The molecule has 1 aromatic carbocycles. The average Bonchev–Trinajstić information content (AvgIpc) is 2.77. The molecule has 0 aliphatic rings. The fourth-order valence-electron chi connectivity index (χ4n) is 1.55. The average molecular weight is 326 g/mol. The maximum Gasteiger partial charge on any atom is 0.374 e. The molecule has 0 spiro atoms. The lowest BCUT2D eigenvalue weighted by Crippen LogP contribution is -2.05. The number of halogens is 1. The van der Waals surface area contributed by atoms with E-state index in [9.17, 15) is 9.59 Å². The highest BCUT2D eigenvalue weighted by atomic mass is 79.9. The lowest BCUT2D eigenvalue weighted by molar-refractivity contribution is 0.0624. The Hall–Kier alpha value is -2.15. The molecule has 0 saturated heterocycles. The van der Waals surface area contributed by atoms with Crippen molar-refractivity contribution >= 4 is 27.9 Å². The topological polar surface area (TPSA) is 101 Å². The molecule has 0 aliphatic heterocycles. The Labute approximate surface area is 115 Å². The van der Waals surface area contributed by atoms with Crippen molar-refractivity contribution in [1.29, 1.82) is 0 Å². The minimum atomic E-state index is -1.47. The number of hydrogen-bond donors (Lipinski definition) is 2. The summed E-state index contributed by atoms with van der Waals surface area (Å²) in [5.41, 5.74) is 0.713. The van der Waals surface area contributed by atoms with Gasteiger partial charge in [0.05, 0.1) is 0 Å². The van der Waals surface area contributed by atoms with Gasteiger partial charge in [0.1, 0.15) is 0 Å². The van der Waals surface area contributed by atoms with Crippen molar-refractivity contribution < 1.29 is 24.2 Å². The SMILES string of the molecule is Cc1ccc(Br)cc1-c1nc(C(=O)O)c(C(=O)O)o1. The summed E-state index contributed by atoms with van der Waals surface area (Å²) in [4.78, 5) is 25.6. The van der Waals surface area contributed by atoms with E-state index in [1.165, 1.54) is 0 Å². The maximum atomic E-state index is 10.9. The number of carbonyl (C=O) groups is 2. The summed E-state index contributed by atoms with van der Waals surface area (Å²) in [6.07, 6.45) is 0. The van der Waals surface area contributed by atoms with E-state index in [-0.39, 0.29) is 5.89 Å². The smallest absolute Gasteiger partial charge is 0.374 e. The Morgan fingerprint density at radius 2 is 1.95 bits per heavy atom. The van der Waals surface area contributed by atoms with E-state index in [2.05, 4.69) is 20.9 Å². The Morgan fingerprint density at radius 1 is 1.26 bits per heavy atom. The van der Waals surface area contributed by atoms with Crippen molar-refractivity contribution in [3.05, 3.63) is 39.7 Å². The monoisotopic (exact) mass is 325 g/mol. The van der Waals surface area contributed by atoms with Gasteiger partial charge in [-0.25, -0.2) is 14.6 Å². The molecule has 98 valence electrons. The van der Waals surface area contributed by atoms with Gasteiger partial charge >= 0.3 is 11.9 Å². The first kappa shape index (κ1) is 13.3. The summed E-state index contributed by atoms with van der Waals surface area (Å²) in [5, 5.41) is 17.8. The number of benzene rings is 1. The van der Waals surface area contributed by atoms with Crippen molar-refractivity contribution in [2.45, 2.75) is 6.92 Å². The van der Waals surface area contributed by atoms with Crippen molar-refractivity contribution in [2.24, 2.45) is 0 Å². The first-order valence-electron chi connectivity index (χ1n) is 5.14. The summed E-state index contributed by atoms with van der Waals surface area (Å²) >= 11 is 3.27. The second-order valence-electron chi connectivity index (χ2n) is 3.77. The molecule has 1 aromatic heterocycles. The Morgan fingerprint density at radius 3 is 2.47 bits per heavy atom. The number of carboxylic acids is 2. The van der Waals surface area contributed by atoms with Crippen molar-refractivity contribution in [3.63, 3.8) is 0 Å². The van der Waals surface area contributed by atoms with Crippen LogP contribution in [-0.2, 0) is 0 Å². The van der Waals surface area contributed by atoms with E-state index in [1.807, 2.05) is 0 Å². The Kier molecular flexibility index (Phi) is 3.39. The Bertz CT molecular complexity index is 645. The van der Waals surface area contributed by atoms with Crippen LogP contribution in [0.1, 0.15) is 26.6 Å². The number of carboxylic acid groups (broad SMARTS) is 2. The lowest BCUT2D eigenvalue weighted by atomic mass is 10.1. The van der Waals surface area contributed by atoms with E-state index in [0.717, 1.165) is 10.0 Å². The molecule has 7 heteroatoms. The number of rotatable bonds is 3. The molecule has 0 fully saturated rings. The van der Waals surface area contributed by atoms with Crippen LogP contribution in [0, 0.1) is 6.92 Å². The molecule has 0 bridgehead atoms. The quantitative estimate of drug-likeness (QED) is 0.899. The minimum absolute atomic E-state index is 0.0337. The van der Waals surface area contributed by atoms with Crippen LogP contribution in [0.3, 0.4) is 0 Å². The molecule has 2 aromatic rings. The van der Waals surface area contributed by atoms with Crippen molar-refractivity contribution in [1.82, 2.24) is 4.98 Å². The summed E-state index contributed by atoms with van der Waals surface area (Å²) in [5.74, 6) is -3.63. The third-order valence-electron chi connectivity index (χ3n) is 2.45. The van der Waals surface area contributed by atoms with Gasteiger partial charge in [0.15, 0.2) is 0 Å². The second-order valence-corrected chi connectivity index (χ2v) is 4.68. The normalized spacial score (nSPS) is 10.4. The van der Waals surface area contributed by atoms with Crippen LogP contribution in [0.15, 0.2) is 27.1 Å². The van der Waals surface area contributed by atoms with Crippen LogP contribution < -0.4 is 0 Å². The zero-order chi connectivity index (χ0) is 14.2. The van der Waals surface area contributed by atoms with Crippen molar-refractivity contribution in [2.75, 3.05) is 0 Å². The molecule has 19 heavy (non-hydrogen) atoms. The van der Waals surface area contributed by atoms with Gasteiger partial charge in [-0.15, -0.1) is 0 Å². The largest absolute Gasteiger partial charge is 0.476 e. The van der Waals surface area contributed by atoms with E-state index < -0.39 is 23.4 Å². The van der Waals surface area contributed by atoms with Crippen LogP contribution in [0.5, 0.6) is 0 Å². The van der Waals surface area contributed by atoms with Gasteiger partial charge in [-0.2, -0.15) is 0 Å². The van der Waals surface area contributed by atoms with Crippen LogP contribution in [0.4, 0.5) is 0 Å². The molecule has 0 amide bonds. The first-order chi connectivity index (χ1) is 8.90. The number of hydrogen-bond acceptors (Lipinski definition) is 4. The number of nitrogens with zero attached hydrogens (tertiary/aromatic N) is 1. The molecule has 6 nitrogen and oxygen atoms in total. The fourth-order valence-corrected chi connectivity index (χ4v) is 1.91. The van der Waals surface area contributed by atoms with Crippen LogP contribution in [-0.4, -0.2) is 27.1 Å². The molecule has 0 aliphatic carbocycles. The fraction of sp³-hybridized carbons (Fsp3) is 0.0833. The van der Waals surface area contributed by atoms with Gasteiger partial charge in [-0.1, -0.05) is 22.0 Å². The van der Waals surface area contributed by atoms with E-state index in [1.54, 1.807) is 25.1 Å². The first-order valence-corrected chi connectivity index (χ1v) is 5.93. The highest BCUT2D eigenvalue weighted by Crippen LogP contribution is 2.28. The highest BCUT2D eigenvalue weighted by molar-refractivity contribution is 9.10. The third kappa shape index (κ3) is 2.50. The highest BCUT2D eigenvalue weighted by Gasteiger charge is 2.25. The number of aromatic nitrogens is 1. The number of aryl methyl sites for hydroxylation is 1. The summed E-state index contributed by atoms with van der Waals surface area (Å²) < 4.78 is 5.80. The second kappa shape index (κ2) is 4.85. The minimum Gasteiger partial charge on any atom is -0.476 e. The Balaban J connectivity index is 2.64. The molecule has 2 rings (SSSR count). The van der Waals surface area contributed by atoms with E-state index >= 15 is 0 Å². The molecule has 0 atom stereocenters. The summed E-state index contributed by atoms with van der Waals surface area (Å²) in [7, 11) is 0. The van der Waals surface area contributed by atoms with Gasteiger partial charge in [0, 0.05) is 10.0 Å². The molecule has 2 N–H and O–H groups in total. The van der Waals surface area contributed by atoms with Gasteiger partial charge in [0.25, 0.3) is 0 Å². The molecular formula is C12H8BrNO5. The van der Waals surface area contributed by atoms with Gasteiger partial charge in [0.2, 0.25) is 17.3 Å². The molecule has 0 unspecified atom stereocenters. The number of oxazole rings is 1. The predicted molar refractivity (Wildman–Crippen MR) is 68.3 cm³/mol. The van der Waals surface area contributed by atoms with Crippen LogP contribution in [0.25, 0.3) is 11.5 Å². The van der Waals surface area contributed by atoms with Crippen LogP contribution >= 0.6 is 15.9 Å². The maximum absolute atomic E-state index is 10.9. The zero-order valence-corrected chi connectivity index (χ0v) is 11.3. The lowest BCUT2D eigenvalue weighted by Gasteiger charge is -2.01. The van der Waals surface area contributed by atoms with E-state index in [0.29, 0.717) is 5.56 Å². The molecule has 1 heterocycles. The molecular weight excluding hydrogens is 318 g/mol. The molecule has 0 saturated carbocycles. The number of aromatic carboxylic acids is 2. The zero-order valence-electron chi connectivity index (χ0n) is 9.68. The van der Waals surface area contributed by atoms with Gasteiger partial charge < -0.3 is 14.6 Å². The van der Waals surface area contributed by atoms with E-state index in [4.69, 9.17) is 14.6 Å². The summed E-state index contributed by atoms with van der Waals surface area (Å²) in [6, 6.07) is 5.26. The van der Waals surface area contributed by atoms with Crippen molar-refractivity contribution in [3.8, 4) is 11.5 Å².